The fourth-order valence-electron chi connectivity index (χ4n) is 3.52. The third kappa shape index (κ3) is 4.33. The summed E-state index contributed by atoms with van der Waals surface area (Å²) >= 11 is 0. The van der Waals surface area contributed by atoms with Crippen molar-refractivity contribution in [3.05, 3.63) is 107 Å². The molecule has 4 heteroatoms. The summed E-state index contributed by atoms with van der Waals surface area (Å²) in [6, 6.07) is 25.7. The molecule has 4 aromatic rings. The second kappa shape index (κ2) is 8.78. The minimum atomic E-state index is -0.226. The molecule has 0 aliphatic carbocycles. The average molecular weight is 396 g/mol. The van der Waals surface area contributed by atoms with Gasteiger partial charge in [0.2, 0.25) is 0 Å². The van der Waals surface area contributed by atoms with Crippen LogP contribution in [0.5, 0.6) is 0 Å². The summed E-state index contributed by atoms with van der Waals surface area (Å²) in [6.07, 6.45) is 4.23. The Kier molecular flexibility index (Phi) is 5.75. The highest BCUT2D eigenvalue weighted by Gasteiger charge is 2.18. The molecule has 0 aliphatic heterocycles. The molecule has 1 atom stereocenters. The summed E-state index contributed by atoms with van der Waals surface area (Å²) in [5.74, 6) is 0.746. The topological polar surface area (TPSA) is 46.9 Å². The molecule has 0 saturated carbocycles. The maximum absolute atomic E-state index is 12.7. The molecular weight excluding hydrogens is 370 g/mol. The zero-order valence-corrected chi connectivity index (χ0v) is 17.2. The number of carbonyl (C=O) groups excluding carboxylic acids is 1. The lowest BCUT2D eigenvalue weighted by atomic mass is 10.1. The first-order valence-electron chi connectivity index (χ1n) is 10.2. The van der Waals surface area contributed by atoms with E-state index in [1.54, 1.807) is 0 Å². The van der Waals surface area contributed by atoms with Gasteiger partial charge in [0.25, 0.3) is 5.91 Å². The summed E-state index contributed by atoms with van der Waals surface area (Å²) in [7, 11) is 0. The van der Waals surface area contributed by atoms with Crippen LogP contribution in [-0.4, -0.2) is 15.5 Å². The first kappa shape index (κ1) is 19.6. The van der Waals surface area contributed by atoms with Crippen molar-refractivity contribution in [2.24, 2.45) is 0 Å². The van der Waals surface area contributed by atoms with E-state index in [0.717, 1.165) is 28.0 Å². The number of benzene rings is 3. The Labute approximate surface area is 176 Å². The van der Waals surface area contributed by atoms with Gasteiger partial charge in [0.1, 0.15) is 5.82 Å². The Bertz CT molecular complexity index is 1170. The Hall–Kier alpha value is -3.66. The number of imidazole rings is 1. The van der Waals surface area contributed by atoms with Crippen LogP contribution in [-0.2, 0) is 6.54 Å². The summed E-state index contributed by atoms with van der Waals surface area (Å²) < 4.78 is 2.16. The van der Waals surface area contributed by atoms with Crippen molar-refractivity contribution >= 4 is 23.0 Å². The Morgan fingerprint density at radius 2 is 1.70 bits per heavy atom. The van der Waals surface area contributed by atoms with Gasteiger partial charge < -0.3 is 9.88 Å². The van der Waals surface area contributed by atoms with Crippen molar-refractivity contribution in [3.8, 4) is 0 Å². The van der Waals surface area contributed by atoms with Crippen molar-refractivity contribution in [1.29, 1.82) is 0 Å². The third-order valence-corrected chi connectivity index (χ3v) is 5.13. The Balaban J connectivity index is 1.59. The smallest absolute Gasteiger partial charge is 0.251 e. The summed E-state index contributed by atoms with van der Waals surface area (Å²) in [4.78, 5) is 17.5. The van der Waals surface area contributed by atoms with Gasteiger partial charge in [0.05, 0.1) is 17.1 Å². The minimum absolute atomic E-state index is 0.0964. The van der Waals surface area contributed by atoms with Crippen molar-refractivity contribution in [2.45, 2.75) is 26.4 Å². The van der Waals surface area contributed by atoms with Crippen LogP contribution in [0.2, 0.25) is 0 Å². The Morgan fingerprint density at radius 3 is 2.47 bits per heavy atom. The van der Waals surface area contributed by atoms with Crippen LogP contribution in [0.1, 0.15) is 40.3 Å². The molecular formula is C26H25N3O. The number of nitrogens with one attached hydrogen (secondary N) is 1. The first-order chi connectivity index (χ1) is 14.6. The quantitative estimate of drug-likeness (QED) is 0.465. The van der Waals surface area contributed by atoms with Crippen LogP contribution in [0.4, 0.5) is 0 Å². The van der Waals surface area contributed by atoms with Crippen molar-refractivity contribution in [1.82, 2.24) is 14.9 Å². The van der Waals surface area contributed by atoms with Crippen molar-refractivity contribution in [2.75, 3.05) is 0 Å². The highest BCUT2D eigenvalue weighted by atomic mass is 16.1. The van der Waals surface area contributed by atoms with Gasteiger partial charge in [-0.3, -0.25) is 4.79 Å². The molecule has 0 spiro atoms. The van der Waals surface area contributed by atoms with Gasteiger partial charge in [-0.05, 0) is 43.7 Å². The number of allylic oxidation sites excluding steroid dienone is 1. The molecule has 0 radical (unpaired) electrons. The predicted molar refractivity (Wildman–Crippen MR) is 122 cm³/mol. The molecule has 3 aromatic carbocycles. The van der Waals surface area contributed by atoms with Gasteiger partial charge in [-0.2, -0.15) is 0 Å². The lowest BCUT2D eigenvalue weighted by molar-refractivity contribution is 0.0938. The first-order valence-corrected chi connectivity index (χ1v) is 10.2. The highest BCUT2D eigenvalue weighted by Crippen LogP contribution is 2.21. The van der Waals surface area contributed by atoms with E-state index in [9.17, 15) is 4.79 Å². The normalized spacial score (nSPS) is 12.3. The van der Waals surface area contributed by atoms with Crippen LogP contribution in [0, 0.1) is 6.92 Å². The second-order valence-electron chi connectivity index (χ2n) is 7.44. The molecule has 0 saturated heterocycles. The van der Waals surface area contributed by atoms with Gasteiger partial charge in [0, 0.05) is 12.1 Å². The van der Waals surface area contributed by atoms with E-state index < -0.39 is 0 Å². The van der Waals surface area contributed by atoms with Crippen LogP contribution in [0.15, 0.2) is 84.9 Å². The number of aryl methyl sites for hydroxylation is 1. The van der Waals surface area contributed by atoms with Crippen LogP contribution < -0.4 is 5.32 Å². The molecule has 0 fully saturated rings. The number of nitrogens with zero attached hydrogens (tertiary/aromatic N) is 2. The zero-order chi connectivity index (χ0) is 20.9. The molecule has 1 heterocycles. The number of carbonyl (C=O) groups is 1. The lowest BCUT2D eigenvalue weighted by Crippen LogP contribution is -2.28. The van der Waals surface area contributed by atoms with E-state index in [1.165, 1.54) is 0 Å². The zero-order valence-electron chi connectivity index (χ0n) is 17.2. The maximum Gasteiger partial charge on any atom is 0.251 e. The summed E-state index contributed by atoms with van der Waals surface area (Å²) in [5, 5.41) is 3.10. The van der Waals surface area contributed by atoms with Gasteiger partial charge in [0.15, 0.2) is 0 Å². The second-order valence-corrected chi connectivity index (χ2v) is 7.44. The number of amides is 1. The standard InChI is InChI=1S/C26H25N3O/c1-19-14-16-22(17-15-19)26(30)27-20(2)25-28-23-12-6-7-13-24(23)29(25)18-8-11-21-9-4-3-5-10-21/h3-17,20H,18H2,1-2H3,(H,27,30)/b11-8+. The molecule has 1 N–H and O–H groups in total. The maximum atomic E-state index is 12.7. The average Bonchev–Trinajstić information content (AvgIpc) is 3.14. The van der Waals surface area contributed by atoms with Crippen LogP contribution in [0.3, 0.4) is 0 Å². The highest BCUT2D eigenvalue weighted by molar-refractivity contribution is 5.94. The van der Waals surface area contributed by atoms with Gasteiger partial charge in [-0.25, -0.2) is 4.98 Å². The Morgan fingerprint density at radius 1 is 1.00 bits per heavy atom. The molecule has 4 rings (SSSR count). The molecule has 1 unspecified atom stereocenters. The molecule has 30 heavy (non-hydrogen) atoms. The van der Waals surface area contributed by atoms with Crippen LogP contribution >= 0.6 is 0 Å². The number of fused-ring (bicyclic) bond motifs is 1. The molecule has 1 aromatic heterocycles. The third-order valence-electron chi connectivity index (χ3n) is 5.13. The number of para-hydroxylation sites is 2. The van der Waals surface area contributed by atoms with Gasteiger partial charge >= 0.3 is 0 Å². The minimum Gasteiger partial charge on any atom is -0.342 e. The van der Waals surface area contributed by atoms with Gasteiger partial charge in [-0.15, -0.1) is 0 Å². The SMILES string of the molecule is Cc1ccc(C(=O)NC(C)c2nc3ccccc3n2C/C=C/c2ccccc2)cc1. The van der Waals surface area contributed by atoms with Crippen LogP contribution in [0.25, 0.3) is 17.1 Å². The predicted octanol–water partition coefficient (Wildman–Crippen LogP) is 5.55. The van der Waals surface area contributed by atoms with Gasteiger partial charge in [-0.1, -0.05) is 72.3 Å². The molecule has 0 aliphatic rings. The van der Waals surface area contributed by atoms with E-state index in [1.807, 2.05) is 74.5 Å². The molecule has 150 valence electrons. The number of hydrogen-bond acceptors (Lipinski definition) is 2. The van der Waals surface area contributed by atoms with Crippen molar-refractivity contribution < 1.29 is 4.79 Å². The van der Waals surface area contributed by atoms with E-state index in [0.29, 0.717) is 12.1 Å². The summed E-state index contributed by atoms with van der Waals surface area (Å²) in [5.41, 5.74) is 4.92. The summed E-state index contributed by atoms with van der Waals surface area (Å²) in [6.45, 7) is 4.66. The largest absolute Gasteiger partial charge is 0.342 e. The fraction of sp³-hybridized carbons (Fsp3) is 0.154. The molecule has 4 nitrogen and oxygen atoms in total. The molecule has 0 bridgehead atoms. The number of rotatable bonds is 6. The van der Waals surface area contributed by atoms with Crippen molar-refractivity contribution in [3.63, 3.8) is 0 Å². The fourth-order valence-corrected chi connectivity index (χ4v) is 3.52. The lowest BCUT2D eigenvalue weighted by Gasteiger charge is -2.15. The van der Waals surface area contributed by atoms with E-state index in [4.69, 9.17) is 4.98 Å². The number of hydrogen-bond donors (Lipinski definition) is 1. The molecule has 1 amide bonds. The monoisotopic (exact) mass is 395 g/mol. The van der Waals surface area contributed by atoms with E-state index in [-0.39, 0.29) is 11.9 Å². The van der Waals surface area contributed by atoms with E-state index in [2.05, 4.69) is 40.2 Å². The number of aromatic nitrogens is 2. The van der Waals surface area contributed by atoms with E-state index >= 15 is 0 Å².